The first-order chi connectivity index (χ1) is 11.0. The number of urea groups is 1. The van der Waals surface area contributed by atoms with Gasteiger partial charge >= 0.3 is 6.03 Å². The van der Waals surface area contributed by atoms with Crippen molar-refractivity contribution in [1.29, 1.82) is 0 Å². The van der Waals surface area contributed by atoms with Gasteiger partial charge in [0.15, 0.2) is 0 Å². The molecular formula is C17H21ClN4O. The van der Waals surface area contributed by atoms with E-state index in [2.05, 4.69) is 22.5 Å². The molecular weight excluding hydrogens is 312 g/mol. The Morgan fingerprint density at radius 2 is 2.04 bits per heavy atom. The predicted molar refractivity (Wildman–Crippen MR) is 90.4 cm³/mol. The van der Waals surface area contributed by atoms with E-state index in [1.165, 1.54) is 5.56 Å². The van der Waals surface area contributed by atoms with Crippen molar-refractivity contribution in [3.05, 3.63) is 52.8 Å². The molecule has 1 aliphatic carbocycles. The third-order valence-electron chi connectivity index (χ3n) is 4.32. The first-order valence-corrected chi connectivity index (χ1v) is 8.14. The summed E-state index contributed by atoms with van der Waals surface area (Å²) in [6.07, 6.45) is 3.83. The second-order valence-corrected chi connectivity index (χ2v) is 6.64. The first kappa shape index (κ1) is 15.9. The number of amides is 2. The quantitative estimate of drug-likeness (QED) is 0.935. The lowest BCUT2D eigenvalue weighted by Gasteiger charge is -2.37. The van der Waals surface area contributed by atoms with Gasteiger partial charge in [0.05, 0.1) is 12.2 Å². The summed E-state index contributed by atoms with van der Waals surface area (Å²) >= 11 is 5.91. The molecule has 2 amide bonds. The summed E-state index contributed by atoms with van der Waals surface area (Å²) in [5, 5.41) is 8.13. The maximum atomic E-state index is 12.2. The van der Waals surface area contributed by atoms with Gasteiger partial charge < -0.3 is 10.2 Å². The van der Waals surface area contributed by atoms with Gasteiger partial charge in [-0.05, 0) is 42.5 Å². The highest BCUT2D eigenvalue weighted by molar-refractivity contribution is 6.30. The van der Waals surface area contributed by atoms with Crippen molar-refractivity contribution in [3.63, 3.8) is 0 Å². The highest BCUT2D eigenvalue weighted by Gasteiger charge is 2.31. The minimum absolute atomic E-state index is 0.0461. The van der Waals surface area contributed by atoms with E-state index in [0.29, 0.717) is 12.5 Å². The number of benzene rings is 1. The zero-order valence-corrected chi connectivity index (χ0v) is 14.1. The lowest BCUT2D eigenvalue weighted by atomic mass is 9.76. The van der Waals surface area contributed by atoms with Gasteiger partial charge in [-0.2, -0.15) is 5.10 Å². The van der Waals surface area contributed by atoms with Crippen molar-refractivity contribution < 1.29 is 4.79 Å². The Kier molecular flexibility index (Phi) is 4.57. The zero-order valence-electron chi connectivity index (χ0n) is 13.4. The largest absolute Gasteiger partial charge is 0.335 e. The first-order valence-electron chi connectivity index (χ1n) is 7.77. The number of hydrogen-bond acceptors (Lipinski definition) is 2. The van der Waals surface area contributed by atoms with Crippen LogP contribution in [0.1, 0.15) is 30.0 Å². The topological polar surface area (TPSA) is 50.2 Å². The summed E-state index contributed by atoms with van der Waals surface area (Å²) in [6.45, 7) is 0.514. The number of aryl methyl sites for hydroxylation is 1. The van der Waals surface area contributed by atoms with Crippen LogP contribution in [0.15, 0.2) is 36.5 Å². The fourth-order valence-corrected chi connectivity index (χ4v) is 3.02. The number of carbonyl (C=O) groups excluding carboxylic acids is 1. The Hall–Kier alpha value is -2.01. The third-order valence-corrected chi connectivity index (χ3v) is 4.57. The molecule has 1 heterocycles. The minimum Gasteiger partial charge on any atom is -0.335 e. The smallest absolute Gasteiger partial charge is 0.317 e. The number of halogens is 1. The normalized spacial score (nSPS) is 20.0. The van der Waals surface area contributed by atoms with Gasteiger partial charge in [-0.1, -0.05) is 23.7 Å². The van der Waals surface area contributed by atoms with Crippen LogP contribution >= 0.6 is 11.6 Å². The molecule has 1 aliphatic rings. The number of nitrogens with zero attached hydrogens (tertiary/aromatic N) is 3. The third kappa shape index (κ3) is 3.85. The molecule has 6 heteroatoms. The van der Waals surface area contributed by atoms with Crippen molar-refractivity contribution in [3.8, 4) is 0 Å². The van der Waals surface area contributed by atoms with Crippen molar-refractivity contribution in [2.45, 2.75) is 31.3 Å². The molecule has 0 aliphatic heterocycles. The summed E-state index contributed by atoms with van der Waals surface area (Å²) in [5.41, 5.74) is 2.18. The zero-order chi connectivity index (χ0) is 16.4. The van der Waals surface area contributed by atoms with Crippen LogP contribution in [0, 0.1) is 0 Å². The standard InChI is InChI=1S/C17H21ClN4O/c1-21(11-15-7-8-22(2)20-15)17(23)19-16-9-13(10-16)12-3-5-14(18)6-4-12/h3-8,13,16H,9-11H2,1-2H3,(H,19,23). The number of rotatable bonds is 4. The van der Waals surface area contributed by atoms with E-state index in [0.717, 1.165) is 23.6 Å². The van der Waals surface area contributed by atoms with Gasteiger partial charge in [-0.3, -0.25) is 4.68 Å². The van der Waals surface area contributed by atoms with Crippen LogP contribution in [-0.4, -0.2) is 33.8 Å². The van der Waals surface area contributed by atoms with E-state index >= 15 is 0 Å². The molecule has 1 aromatic carbocycles. The van der Waals surface area contributed by atoms with Crippen molar-refractivity contribution in [1.82, 2.24) is 20.0 Å². The fraction of sp³-hybridized carbons (Fsp3) is 0.412. The Labute approximate surface area is 141 Å². The summed E-state index contributed by atoms with van der Waals surface area (Å²) in [7, 11) is 3.66. The highest BCUT2D eigenvalue weighted by Crippen LogP contribution is 2.37. The summed E-state index contributed by atoms with van der Waals surface area (Å²) < 4.78 is 1.74. The van der Waals surface area contributed by atoms with Crippen LogP contribution < -0.4 is 5.32 Å². The van der Waals surface area contributed by atoms with Crippen LogP contribution in [0.4, 0.5) is 4.79 Å². The van der Waals surface area contributed by atoms with Crippen LogP contribution in [0.5, 0.6) is 0 Å². The van der Waals surface area contributed by atoms with Gasteiger partial charge in [0.1, 0.15) is 0 Å². The molecule has 0 atom stereocenters. The van der Waals surface area contributed by atoms with Crippen molar-refractivity contribution >= 4 is 17.6 Å². The second-order valence-electron chi connectivity index (χ2n) is 6.20. The van der Waals surface area contributed by atoms with E-state index in [1.807, 2.05) is 31.4 Å². The highest BCUT2D eigenvalue weighted by atomic mass is 35.5. The second kappa shape index (κ2) is 6.62. The molecule has 1 aromatic heterocycles. The average Bonchev–Trinajstić information content (AvgIpc) is 2.88. The lowest BCUT2D eigenvalue weighted by molar-refractivity contribution is 0.190. The average molecular weight is 333 g/mol. The molecule has 1 saturated carbocycles. The summed E-state index contributed by atoms with van der Waals surface area (Å²) in [5.74, 6) is 0.513. The van der Waals surface area contributed by atoms with E-state index in [1.54, 1.807) is 16.6 Å². The SMILES string of the molecule is CN(Cc1ccn(C)n1)C(=O)NC1CC(c2ccc(Cl)cc2)C1. The molecule has 3 rings (SSSR count). The molecule has 0 bridgehead atoms. The molecule has 0 saturated heterocycles. The maximum Gasteiger partial charge on any atom is 0.317 e. The van der Waals surface area contributed by atoms with Crippen molar-refractivity contribution in [2.75, 3.05) is 7.05 Å². The van der Waals surface area contributed by atoms with Crippen LogP contribution in [0.3, 0.4) is 0 Å². The fourth-order valence-electron chi connectivity index (χ4n) is 2.89. The molecule has 1 fully saturated rings. The monoisotopic (exact) mass is 332 g/mol. The maximum absolute atomic E-state index is 12.2. The minimum atomic E-state index is -0.0461. The van der Waals surface area contributed by atoms with Gasteiger partial charge in [-0.25, -0.2) is 4.79 Å². The number of nitrogens with one attached hydrogen (secondary N) is 1. The molecule has 2 aromatic rings. The van der Waals surface area contributed by atoms with E-state index < -0.39 is 0 Å². The molecule has 122 valence electrons. The number of carbonyl (C=O) groups is 1. The van der Waals surface area contributed by atoms with Gasteiger partial charge in [0.2, 0.25) is 0 Å². The van der Waals surface area contributed by atoms with Crippen molar-refractivity contribution in [2.24, 2.45) is 7.05 Å². The predicted octanol–water partition coefficient (Wildman–Crippen LogP) is 3.16. The summed E-state index contributed by atoms with van der Waals surface area (Å²) in [4.78, 5) is 13.9. The number of hydrogen-bond donors (Lipinski definition) is 1. The van der Waals surface area contributed by atoms with Crippen LogP contribution in [0.25, 0.3) is 0 Å². The number of aromatic nitrogens is 2. The van der Waals surface area contributed by atoms with Gasteiger partial charge in [-0.15, -0.1) is 0 Å². The van der Waals surface area contributed by atoms with E-state index in [4.69, 9.17) is 11.6 Å². The Balaban J connectivity index is 1.45. The molecule has 23 heavy (non-hydrogen) atoms. The molecule has 0 spiro atoms. The van der Waals surface area contributed by atoms with E-state index in [-0.39, 0.29) is 12.1 Å². The van der Waals surface area contributed by atoms with E-state index in [9.17, 15) is 4.79 Å². The molecule has 0 unspecified atom stereocenters. The van der Waals surface area contributed by atoms with Crippen LogP contribution in [-0.2, 0) is 13.6 Å². The molecule has 0 radical (unpaired) electrons. The van der Waals surface area contributed by atoms with Gasteiger partial charge in [0.25, 0.3) is 0 Å². The summed E-state index contributed by atoms with van der Waals surface area (Å²) in [6, 6.07) is 10.1. The lowest BCUT2D eigenvalue weighted by Crippen LogP contribution is -2.48. The molecule has 1 N–H and O–H groups in total. The molecule has 5 nitrogen and oxygen atoms in total. The Morgan fingerprint density at radius 3 is 2.65 bits per heavy atom. The Bertz CT molecular complexity index is 676. The van der Waals surface area contributed by atoms with Crippen LogP contribution in [0.2, 0.25) is 5.02 Å². The Morgan fingerprint density at radius 1 is 1.35 bits per heavy atom. The van der Waals surface area contributed by atoms with Gasteiger partial charge in [0, 0.05) is 31.4 Å².